The number of thioether (sulfide) groups is 1. The molecule has 1 aromatic carbocycles. The minimum Gasteiger partial charge on any atom is -0.431 e. The molecule has 0 radical (unpaired) electrons. The van der Waals surface area contributed by atoms with Crippen LogP contribution in [0.4, 0.5) is 0 Å². The Labute approximate surface area is 124 Å². The maximum Gasteiger partial charge on any atom is 0.259 e. The van der Waals surface area contributed by atoms with Gasteiger partial charge in [0.2, 0.25) is 0 Å². The van der Waals surface area contributed by atoms with E-state index >= 15 is 0 Å². The highest BCUT2D eigenvalue weighted by atomic mass is 32.2. The zero-order valence-corrected chi connectivity index (χ0v) is 11.7. The van der Waals surface area contributed by atoms with E-state index in [4.69, 9.17) is 14.3 Å². The number of benzene rings is 1. The van der Waals surface area contributed by atoms with Gasteiger partial charge in [-0.15, -0.1) is 0 Å². The number of hydrogen-bond donors (Lipinski definition) is 4. The van der Waals surface area contributed by atoms with E-state index in [1.54, 1.807) is 12.1 Å². The number of rotatable bonds is 3. The van der Waals surface area contributed by atoms with Gasteiger partial charge in [-0.1, -0.05) is 12.1 Å². The molecule has 0 aliphatic carbocycles. The van der Waals surface area contributed by atoms with E-state index in [9.17, 15) is 15.3 Å². The van der Waals surface area contributed by atoms with Crippen LogP contribution in [-0.2, 0) is 4.74 Å². The van der Waals surface area contributed by atoms with Crippen molar-refractivity contribution in [3.05, 3.63) is 24.3 Å². The first kappa shape index (κ1) is 14.8. The molecule has 21 heavy (non-hydrogen) atoms. The van der Waals surface area contributed by atoms with Crippen LogP contribution in [0.25, 0.3) is 11.1 Å². The Balaban J connectivity index is 1.79. The standard InChI is InChI=1S/C13H15NO6S/c15-5-8-9(16)10(17)11(18)12(19-8)21-13-14-6-3-1-2-4-7(6)20-13/h1-4,8-12,15-18H,5H2/t8-,9+,10+,11-,12+/m1/s1. The molecule has 1 aromatic heterocycles. The molecule has 2 aromatic rings. The van der Waals surface area contributed by atoms with Crippen LogP contribution < -0.4 is 0 Å². The van der Waals surface area contributed by atoms with E-state index < -0.39 is 36.5 Å². The van der Waals surface area contributed by atoms with Gasteiger partial charge in [-0.25, -0.2) is 4.98 Å². The van der Waals surface area contributed by atoms with Crippen LogP contribution in [0.1, 0.15) is 0 Å². The summed E-state index contributed by atoms with van der Waals surface area (Å²) in [4.78, 5) is 4.23. The maximum atomic E-state index is 9.95. The average Bonchev–Trinajstić information content (AvgIpc) is 2.90. The van der Waals surface area contributed by atoms with Crippen LogP contribution in [0, 0.1) is 0 Å². The van der Waals surface area contributed by atoms with Crippen molar-refractivity contribution in [2.45, 2.75) is 35.1 Å². The summed E-state index contributed by atoms with van der Waals surface area (Å²) in [6, 6.07) is 7.19. The molecule has 0 spiro atoms. The second kappa shape index (κ2) is 5.91. The Morgan fingerprint density at radius 1 is 1.10 bits per heavy atom. The summed E-state index contributed by atoms with van der Waals surface area (Å²) in [5, 5.41) is 38.8. The van der Waals surface area contributed by atoms with Crippen LogP contribution in [0.3, 0.4) is 0 Å². The Bertz CT molecular complexity index is 584. The molecule has 1 aliphatic rings. The predicted octanol–water partition coefficient (Wildman–Crippen LogP) is -0.280. The Hall–Kier alpha value is -1.16. The average molecular weight is 313 g/mol. The summed E-state index contributed by atoms with van der Waals surface area (Å²) in [5.41, 5.74) is 0.378. The molecular formula is C13H15NO6S. The van der Waals surface area contributed by atoms with Crippen molar-refractivity contribution in [2.75, 3.05) is 6.61 Å². The normalized spacial score (nSPS) is 33.4. The molecule has 2 heterocycles. The Morgan fingerprint density at radius 3 is 2.57 bits per heavy atom. The van der Waals surface area contributed by atoms with E-state index in [1.165, 1.54) is 0 Å². The molecule has 0 bridgehead atoms. The zero-order chi connectivity index (χ0) is 15.0. The molecule has 4 N–H and O–H groups in total. The van der Waals surface area contributed by atoms with Crippen LogP contribution in [0.15, 0.2) is 33.9 Å². The number of oxazole rings is 1. The van der Waals surface area contributed by atoms with E-state index in [0.29, 0.717) is 11.1 Å². The molecule has 114 valence electrons. The lowest BCUT2D eigenvalue weighted by molar-refractivity contribution is -0.205. The van der Waals surface area contributed by atoms with Gasteiger partial charge in [0.05, 0.1) is 6.61 Å². The number of hydrogen-bond acceptors (Lipinski definition) is 8. The highest BCUT2D eigenvalue weighted by molar-refractivity contribution is 7.99. The molecule has 5 atom stereocenters. The molecule has 0 amide bonds. The van der Waals surface area contributed by atoms with E-state index in [0.717, 1.165) is 11.8 Å². The van der Waals surface area contributed by atoms with Crippen LogP contribution in [-0.4, -0.2) is 61.9 Å². The fourth-order valence-corrected chi connectivity index (χ4v) is 3.15. The minimum absolute atomic E-state index is 0.278. The SMILES string of the molecule is OC[C@H]1O[C@@H](Sc2nc3ccccc3o2)[C@H](O)[C@@H](O)[C@H]1O. The van der Waals surface area contributed by atoms with E-state index in [2.05, 4.69) is 4.98 Å². The predicted molar refractivity (Wildman–Crippen MR) is 73.6 cm³/mol. The fraction of sp³-hybridized carbons (Fsp3) is 0.462. The second-order valence-electron chi connectivity index (χ2n) is 4.76. The van der Waals surface area contributed by atoms with Crippen molar-refractivity contribution in [1.82, 2.24) is 4.98 Å². The van der Waals surface area contributed by atoms with Gasteiger partial charge in [-0.05, 0) is 23.9 Å². The summed E-state index contributed by atoms with van der Waals surface area (Å²) < 4.78 is 10.9. The number of ether oxygens (including phenoxy) is 1. The minimum atomic E-state index is -1.40. The van der Waals surface area contributed by atoms with Gasteiger partial charge in [0.15, 0.2) is 5.58 Å². The van der Waals surface area contributed by atoms with Crippen molar-refractivity contribution in [2.24, 2.45) is 0 Å². The largest absolute Gasteiger partial charge is 0.431 e. The quantitative estimate of drug-likeness (QED) is 0.611. The second-order valence-corrected chi connectivity index (χ2v) is 5.81. The van der Waals surface area contributed by atoms with Crippen molar-refractivity contribution < 1.29 is 29.6 Å². The topological polar surface area (TPSA) is 116 Å². The van der Waals surface area contributed by atoms with Gasteiger partial charge < -0.3 is 29.6 Å². The monoisotopic (exact) mass is 313 g/mol. The molecule has 7 nitrogen and oxygen atoms in total. The van der Waals surface area contributed by atoms with Crippen molar-refractivity contribution in [3.63, 3.8) is 0 Å². The number of fused-ring (bicyclic) bond motifs is 1. The molecule has 3 rings (SSSR count). The van der Waals surface area contributed by atoms with E-state index in [1.807, 2.05) is 12.1 Å². The molecule has 1 saturated heterocycles. The van der Waals surface area contributed by atoms with E-state index in [-0.39, 0.29) is 5.22 Å². The van der Waals surface area contributed by atoms with Crippen molar-refractivity contribution in [1.29, 1.82) is 0 Å². The first-order valence-electron chi connectivity index (χ1n) is 6.43. The molecule has 0 saturated carbocycles. The summed E-state index contributed by atoms with van der Waals surface area (Å²) in [6.07, 6.45) is -5.03. The third-order valence-electron chi connectivity index (χ3n) is 3.34. The van der Waals surface area contributed by atoms with Crippen LogP contribution in [0.5, 0.6) is 0 Å². The summed E-state index contributed by atoms with van der Waals surface area (Å²) in [5.74, 6) is 0. The summed E-state index contributed by atoms with van der Waals surface area (Å²) >= 11 is 0.991. The summed E-state index contributed by atoms with van der Waals surface area (Å²) in [7, 11) is 0. The third-order valence-corrected chi connectivity index (χ3v) is 4.34. The Morgan fingerprint density at radius 2 is 1.86 bits per heavy atom. The lowest BCUT2D eigenvalue weighted by atomic mass is 10.0. The maximum absolute atomic E-state index is 9.95. The van der Waals surface area contributed by atoms with Gasteiger partial charge in [0.25, 0.3) is 5.22 Å². The molecule has 1 aliphatic heterocycles. The Kier molecular flexibility index (Phi) is 4.16. The van der Waals surface area contributed by atoms with Gasteiger partial charge in [0.1, 0.15) is 35.4 Å². The number of para-hydroxylation sites is 2. The third kappa shape index (κ3) is 2.78. The van der Waals surface area contributed by atoms with Crippen LogP contribution in [0.2, 0.25) is 0 Å². The lowest BCUT2D eigenvalue weighted by Crippen LogP contribution is -2.57. The number of aromatic nitrogens is 1. The van der Waals surface area contributed by atoms with Gasteiger partial charge >= 0.3 is 0 Å². The number of aliphatic hydroxyl groups excluding tert-OH is 4. The number of nitrogens with zero attached hydrogens (tertiary/aromatic N) is 1. The van der Waals surface area contributed by atoms with Crippen LogP contribution >= 0.6 is 11.8 Å². The zero-order valence-electron chi connectivity index (χ0n) is 10.9. The molecule has 0 unspecified atom stereocenters. The lowest BCUT2D eigenvalue weighted by Gasteiger charge is -2.39. The van der Waals surface area contributed by atoms with Crippen molar-refractivity contribution in [3.8, 4) is 0 Å². The first-order chi connectivity index (χ1) is 10.1. The van der Waals surface area contributed by atoms with Gasteiger partial charge in [-0.3, -0.25) is 0 Å². The summed E-state index contributed by atoms with van der Waals surface area (Å²) in [6.45, 7) is -0.463. The highest BCUT2D eigenvalue weighted by Crippen LogP contribution is 2.34. The van der Waals surface area contributed by atoms with Crippen molar-refractivity contribution >= 4 is 22.9 Å². The molecule has 8 heteroatoms. The smallest absolute Gasteiger partial charge is 0.259 e. The highest BCUT2D eigenvalue weighted by Gasteiger charge is 2.44. The van der Waals surface area contributed by atoms with Gasteiger partial charge in [-0.2, -0.15) is 0 Å². The molecular weight excluding hydrogens is 298 g/mol. The molecule has 1 fully saturated rings. The number of aliphatic hydroxyl groups is 4. The fourth-order valence-electron chi connectivity index (χ4n) is 2.17. The first-order valence-corrected chi connectivity index (χ1v) is 7.31. The van der Waals surface area contributed by atoms with Gasteiger partial charge in [0, 0.05) is 0 Å².